The maximum absolute atomic E-state index is 12.3. The highest BCUT2D eigenvalue weighted by Gasteiger charge is 2.16. The highest BCUT2D eigenvalue weighted by molar-refractivity contribution is 7.85. The minimum Gasteiger partial charge on any atom is -0.308 e. The van der Waals surface area contributed by atoms with Crippen LogP contribution < -0.4 is 10.6 Å². The predicted octanol–water partition coefficient (Wildman–Crippen LogP) is 4.86. The molecule has 0 unspecified atom stereocenters. The predicted molar refractivity (Wildman–Crippen MR) is 110 cm³/mol. The summed E-state index contributed by atoms with van der Waals surface area (Å²) in [5, 5.41) is 5.57. The molecule has 2 amide bonds. The van der Waals surface area contributed by atoms with E-state index in [1.54, 1.807) is 43.3 Å². The number of amides is 2. The zero-order chi connectivity index (χ0) is 20.3. The zero-order valence-corrected chi connectivity index (χ0v) is 16.2. The van der Waals surface area contributed by atoms with Crippen LogP contribution in [0.5, 0.6) is 0 Å². The van der Waals surface area contributed by atoms with Crippen LogP contribution in [0.1, 0.15) is 11.1 Å². The fraction of sp³-hybridized carbons (Fsp3) is 0.0952. The number of nitrogens with one attached hydrogen (secondary N) is 2. The molecule has 28 heavy (non-hydrogen) atoms. The van der Waals surface area contributed by atoms with E-state index in [0.717, 1.165) is 11.1 Å². The second-order valence-electron chi connectivity index (χ2n) is 6.38. The molecule has 0 saturated carbocycles. The Bertz CT molecular complexity index is 1140. The second-order valence-corrected chi connectivity index (χ2v) is 7.77. The molecule has 3 aromatic rings. The first-order valence-electron chi connectivity index (χ1n) is 8.57. The van der Waals surface area contributed by atoms with E-state index in [0.29, 0.717) is 22.5 Å². The van der Waals surface area contributed by atoms with Crippen molar-refractivity contribution >= 4 is 27.5 Å². The van der Waals surface area contributed by atoms with E-state index in [9.17, 15) is 17.8 Å². The summed E-state index contributed by atoms with van der Waals surface area (Å²) in [6.45, 7) is 3.53. The van der Waals surface area contributed by atoms with Crippen LogP contribution >= 0.6 is 0 Å². The molecule has 3 aromatic carbocycles. The molecule has 0 bridgehead atoms. The summed E-state index contributed by atoms with van der Waals surface area (Å²) in [7, 11) is -4.31. The Hall–Kier alpha value is -3.16. The molecule has 0 atom stereocenters. The van der Waals surface area contributed by atoms with E-state index < -0.39 is 10.1 Å². The van der Waals surface area contributed by atoms with Crippen molar-refractivity contribution < 1.29 is 17.8 Å². The number of benzene rings is 3. The molecule has 0 spiro atoms. The van der Waals surface area contributed by atoms with Crippen LogP contribution in [0, 0.1) is 13.8 Å². The molecule has 144 valence electrons. The third-order valence-corrected chi connectivity index (χ3v) is 5.38. The van der Waals surface area contributed by atoms with Gasteiger partial charge in [-0.1, -0.05) is 42.5 Å². The Morgan fingerprint density at radius 1 is 0.893 bits per heavy atom. The van der Waals surface area contributed by atoms with E-state index in [-0.39, 0.29) is 10.9 Å². The average molecular weight is 396 g/mol. The molecule has 3 rings (SSSR count). The number of urea groups is 1. The van der Waals surface area contributed by atoms with Crippen LogP contribution in [0.4, 0.5) is 16.2 Å². The zero-order valence-electron chi connectivity index (χ0n) is 15.4. The molecule has 0 aliphatic heterocycles. The topological polar surface area (TPSA) is 95.5 Å². The summed E-state index contributed by atoms with van der Waals surface area (Å²) in [5.74, 6) is 0. The van der Waals surface area contributed by atoms with Gasteiger partial charge in [-0.25, -0.2) is 4.79 Å². The molecule has 3 N–H and O–H groups in total. The van der Waals surface area contributed by atoms with E-state index in [1.165, 1.54) is 6.07 Å². The molecule has 0 aliphatic carbocycles. The van der Waals surface area contributed by atoms with Gasteiger partial charge in [-0.15, -0.1) is 0 Å². The maximum Gasteiger partial charge on any atom is 0.323 e. The van der Waals surface area contributed by atoms with E-state index in [1.807, 2.05) is 31.2 Å². The van der Waals surface area contributed by atoms with Crippen LogP contribution in [-0.2, 0) is 10.1 Å². The van der Waals surface area contributed by atoms with Crippen molar-refractivity contribution in [3.63, 3.8) is 0 Å². The molecule has 6 nitrogen and oxygen atoms in total. The molecular weight excluding hydrogens is 376 g/mol. The molecule has 0 radical (unpaired) electrons. The summed E-state index contributed by atoms with van der Waals surface area (Å²) in [6.07, 6.45) is 0. The SMILES string of the molecule is Cc1ccccc1NC(=O)Nc1cccc(-c2cccc(S(=O)(=O)O)c2C)c1. The van der Waals surface area contributed by atoms with Crippen LogP contribution in [0.15, 0.2) is 71.6 Å². The lowest BCUT2D eigenvalue weighted by Crippen LogP contribution is -2.19. The third kappa shape index (κ3) is 4.39. The monoisotopic (exact) mass is 396 g/mol. The quantitative estimate of drug-likeness (QED) is 0.549. The normalized spacial score (nSPS) is 11.1. The Morgan fingerprint density at radius 3 is 2.32 bits per heavy atom. The largest absolute Gasteiger partial charge is 0.323 e. The molecule has 0 aromatic heterocycles. The van der Waals surface area contributed by atoms with Crippen molar-refractivity contribution in [2.45, 2.75) is 18.7 Å². The first kappa shape index (κ1) is 19.6. The van der Waals surface area contributed by atoms with Gasteiger partial charge in [0.05, 0.1) is 4.90 Å². The number of carbonyl (C=O) groups excluding carboxylic acids is 1. The minimum atomic E-state index is -4.31. The lowest BCUT2D eigenvalue weighted by molar-refractivity contribution is 0.262. The number of hydrogen-bond acceptors (Lipinski definition) is 3. The van der Waals surface area contributed by atoms with Gasteiger partial charge in [-0.2, -0.15) is 8.42 Å². The molecular formula is C21H20N2O4S. The number of aryl methyl sites for hydroxylation is 1. The maximum atomic E-state index is 12.3. The fourth-order valence-corrected chi connectivity index (χ4v) is 3.72. The lowest BCUT2D eigenvalue weighted by atomic mass is 10.0. The molecule has 0 heterocycles. The highest BCUT2D eigenvalue weighted by Crippen LogP contribution is 2.29. The van der Waals surface area contributed by atoms with Gasteiger partial charge in [-0.05, 0) is 60.4 Å². The first-order chi connectivity index (χ1) is 13.3. The second kappa shape index (κ2) is 7.84. The van der Waals surface area contributed by atoms with Crippen molar-refractivity contribution in [2.24, 2.45) is 0 Å². The number of anilines is 2. The molecule has 0 fully saturated rings. The van der Waals surface area contributed by atoms with Gasteiger partial charge >= 0.3 is 6.03 Å². The van der Waals surface area contributed by atoms with Crippen LogP contribution in [0.25, 0.3) is 11.1 Å². The van der Waals surface area contributed by atoms with E-state index >= 15 is 0 Å². The summed E-state index contributed by atoms with van der Waals surface area (Å²) in [6, 6.07) is 18.8. The van der Waals surface area contributed by atoms with Crippen molar-refractivity contribution in [2.75, 3.05) is 10.6 Å². The number of para-hydroxylation sites is 1. The van der Waals surface area contributed by atoms with Gasteiger partial charge in [0.25, 0.3) is 10.1 Å². The third-order valence-electron chi connectivity index (χ3n) is 4.39. The Kier molecular flexibility index (Phi) is 5.48. The van der Waals surface area contributed by atoms with Gasteiger partial charge in [-0.3, -0.25) is 4.55 Å². The smallest absolute Gasteiger partial charge is 0.308 e. The van der Waals surface area contributed by atoms with Crippen molar-refractivity contribution in [1.29, 1.82) is 0 Å². The van der Waals surface area contributed by atoms with Gasteiger partial charge in [0.1, 0.15) is 0 Å². The molecule has 0 aliphatic rings. The van der Waals surface area contributed by atoms with Crippen LogP contribution in [-0.4, -0.2) is 19.0 Å². The standard InChI is InChI=1S/C21H20N2O4S/c1-14-7-3-4-11-19(14)23-21(24)22-17-9-5-8-16(13-17)18-10-6-12-20(15(18)2)28(25,26)27/h3-13H,1-2H3,(H2,22,23,24)(H,25,26,27). The summed E-state index contributed by atoms with van der Waals surface area (Å²) >= 11 is 0. The first-order valence-corrected chi connectivity index (χ1v) is 10.0. The molecule has 7 heteroatoms. The van der Waals surface area contributed by atoms with Gasteiger partial charge in [0.15, 0.2) is 0 Å². The highest BCUT2D eigenvalue weighted by atomic mass is 32.2. The minimum absolute atomic E-state index is 0.138. The number of hydrogen-bond donors (Lipinski definition) is 3. The summed E-state index contributed by atoms with van der Waals surface area (Å²) in [5.41, 5.74) is 4.03. The Labute approximate surface area is 164 Å². The van der Waals surface area contributed by atoms with E-state index in [2.05, 4.69) is 10.6 Å². The van der Waals surface area contributed by atoms with Gasteiger partial charge < -0.3 is 10.6 Å². The number of carbonyl (C=O) groups is 1. The summed E-state index contributed by atoms with van der Waals surface area (Å²) in [4.78, 5) is 12.2. The number of rotatable bonds is 4. The average Bonchev–Trinajstić information content (AvgIpc) is 2.63. The summed E-state index contributed by atoms with van der Waals surface area (Å²) < 4.78 is 32.5. The van der Waals surface area contributed by atoms with Crippen LogP contribution in [0.3, 0.4) is 0 Å². The van der Waals surface area contributed by atoms with Gasteiger partial charge in [0.2, 0.25) is 0 Å². The van der Waals surface area contributed by atoms with Crippen molar-refractivity contribution in [3.05, 3.63) is 77.9 Å². The van der Waals surface area contributed by atoms with E-state index in [4.69, 9.17) is 0 Å². The van der Waals surface area contributed by atoms with Crippen LogP contribution in [0.2, 0.25) is 0 Å². The van der Waals surface area contributed by atoms with Crippen molar-refractivity contribution in [3.8, 4) is 11.1 Å². The lowest BCUT2D eigenvalue weighted by Gasteiger charge is -2.13. The van der Waals surface area contributed by atoms with Crippen molar-refractivity contribution in [1.82, 2.24) is 0 Å². The fourth-order valence-electron chi connectivity index (χ4n) is 2.97. The van der Waals surface area contributed by atoms with Gasteiger partial charge in [0, 0.05) is 11.4 Å². The molecule has 0 saturated heterocycles. The Balaban J connectivity index is 1.86. The Morgan fingerprint density at radius 2 is 1.61 bits per heavy atom.